The van der Waals surface area contributed by atoms with Crippen LogP contribution in [0.15, 0.2) is 18.2 Å². The lowest BCUT2D eigenvalue weighted by molar-refractivity contribution is -0.132. The smallest absolute Gasteiger partial charge is 0.263 e. The fourth-order valence-electron chi connectivity index (χ4n) is 2.14. The second-order valence-electron chi connectivity index (χ2n) is 4.97. The van der Waals surface area contributed by atoms with Gasteiger partial charge in [0, 0.05) is 26.1 Å². The van der Waals surface area contributed by atoms with Gasteiger partial charge in [0.25, 0.3) is 5.91 Å². The van der Waals surface area contributed by atoms with Crippen molar-refractivity contribution in [1.82, 2.24) is 4.90 Å². The van der Waals surface area contributed by atoms with Gasteiger partial charge in [-0.2, -0.15) is 0 Å². The largest absolute Gasteiger partial charge is 0.480 e. The number of rotatable bonds is 3. The molecule has 0 bridgehead atoms. The molecule has 2 unspecified atom stereocenters. The molecule has 0 aromatic heterocycles. The van der Waals surface area contributed by atoms with Crippen LogP contribution < -0.4 is 10.5 Å². The van der Waals surface area contributed by atoms with Crippen molar-refractivity contribution in [2.75, 3.05) is 13.6 Å². The standard InChI is InChI=1S/C14H20N2O2/c1-9-8-11(10(2)15)4-5-12(9)18-13-6-7-16(3)14(13)17/h4-5,8,10,13H,6-7,15H2,1-3H3. The van der Waals surface area contributed by atoms with Gasteiger partial charge >= 0.3 is 0 Å². The summed E-state index contributed by atoms with van der Waals surface area (Å²) in [5, 5.41) is 0. The summed E-state index contributed by atoms with van der Waals surface area (Å²) in [6.07, 6.45) is 0.416. The second kappa shape index (κ2) is 4.98. The first-order valence-electron chi connectivity index (χ1n) is 6.27. The average Bonchev–Trinajstić information content (AvgIpc) is 2.63. The quantitative estimate of drug-likeness (QED) is 0.884. The summed E-state index contributed by atoms with van der Waals surface area (Å²) in [5.74, 6) is 0.832. The molecule has 2 N–H and O–H groups in total. The molecule has 1 heterocycles. The maximum atomic E-state index is 11.8. The predicted molar refractivity (Wildman–Crippen MR) is 70.5 cm³/mol. The van der Waals surface area contributed by atoms with E-state index in [2.05, 4.69) is 0 Å². The normalized spacial score (nSPS) is 21.2. The highest BCUT2D eigenvalue weighted by Crippen LogP contribution is 2.25. The molecule has 1 aliphatic rings. The third-order valence-electron chi connectivity index (χ3n) is 3.37. The molecule has 4 heteroatoms. The van der Waals surface area contributed by atoms with Crippen molar-refractivity contribution in [3.05, 3.63) is 29.3 Å². The maximum absolute atomic E-state index is 11.8. The Labute approximate surface area is 108 Å². The summed E-state index contributed by atoms with van der Waals surface area (Å²) in [5.41, 5.74) is 7.93. The SMILES string of the molecule is Cc1cc(C(C)N)ccc1OC1CCN(C)C1=O. The molecule has 1 aromatic carbocycles. The Hall–Kier alpha value is -1.55. The van der Waals surface area contributed by atoms with E-state index in [0.717, 1.165) is 29.8 Å². The van der Waals surface area contributed by atoms with Crippen LogP contribution in [0, 0.1) is 6.92 Å². The number of carbonyl (C=O) groups excluding carboxylic acids is 1. The summed E-state index contributed by atoms with van der Waals surface area (Å²) in [6.45, 7) is 4.69. The number of ether oxygens (including phenoxy) is 1. The fraction of sp³-hybridized carbons (Fsp3) is 0.500. The molecule has 4 nitrogen and oxygen atoms in total. The Bertz CT molecular complexity index is 457. The average molecular weight is 248 g/mol. The van der Waals surface area contributed by atoms with Gasteiger partial charge < -0.3 is 15.4 Å². The number of likely N-dealkylation sites (tertiary alicyclic amines) is 1. The molecule has 1 aromatic rings. The number of hydrogen-bond acceptors (Lipinski definition) is 3. The van der Waals surface area contributed by atoms with Crippen molar-refractivity contribution < 1.29 is 9.53 Å². The van der Waals surface area contributed by atoms with Gasteiger partial charge in [-0.15, -0.1) is 0 Å². The molecule has 18 heavy (non-hydrogen) atoms. The lowest BCUT2D eigenvalue weighted by Crippen LogP contribution is -2.29. The Morgan fingerprint density at radius 2 is 2.22 bits per heavy atom. The lowest BCUT2D eigenvalue weighted by Gasteiger charge is -2.16. The van der Waals surface area contributed by atoms with Gasteiger partial charge in [-0.1, -0.05) is 12.1 Å². The lowest BCUT2D eigenvalue weighted by atomic mass is 10.1. The van der Waals surface area contributed by atoms with Gasteiger partial charge in [-0.25, -0.2) is 0 Å². The van der Waals surface area contributed by atoms with Crippen molar-refractivity contribution in [3.8, 4) is 5.75 Å². The summed E-state index contributed by atoms with van der Waals surface area (Å²) >= 11 is 0. The summed E-state index contributed by atoms with van der Waals surface area (Å²) in [7, 11) is 1.80. The Balaban J connectivity index is 2.13. The fourth-order valence-corrected chi connectivity index (χ4v) is 2.14. The van der Waals surface area contributed by atoms with E-state index in [1.54, 1.807) is 11.9 Å². The van der Waals surface area contributed by atoms with Gasteiger partial charge in [0.2, 0.25) is 0 Å². The first-order valence-corrected chi connectivity index (χ1v) is 6.27. The van der Waals surface area contributed by atoms with Crippen LogP contribution in [0.1, 0.15) is 30.5 Å². The zero-order valence-corrected chi connectivity index (χ0v) is 11.1. The van der Waals surface area contributed by atoms with Crippen LogP contribution in [0.4, 0.5) is 0 Å². The van der Waals surface area contributed by atoms with Gasteiger partial charge in [-0.05, 0) is 31.0 Å². The van der Waals surface area contributed by atoms with E-state index < -0.39 is 0 Å². The molecular formula is C14H20N2O2. The highest BCUT2D eigenvalue weighted by Gasteiger charge is 2.31. The third-order valence-corrected chi connectivity index (χ3v) is 3.37. The highest BCUT2D eigenvalue weighted by atomic mass is 16.5. The molecule has 2 rings (SSSR count). The number of benzene rings is 1. The number of nitrogens with two attached hydrogens (primary N) is 1. The zero-order valence-electron chi connectivity index (χ0n) is 11.1. The predicted octanol–water partition coefficient (Wildman–Crippen LogP) is 1.62. The maximum Gasteiger partial charge on any atom is 0.263 e. The van der Waals surface area contributed by atoms with Crippen molar-refractivity contribution in [2.24, 2.45) is 5.73 Å². The minimum absolute atomic E-state index is 0.0111. The molecule has 98 valence electrons. The molecular weight excluding hydrogens is 228 g/mol. The first-order chi connectivity index (χ1) is 8.49. The Morgan fingerprint density at radius 1 is 1.50 bits per heavy atom. The number of likely N-dealkylation sites (N-methyl/N-ethyl adjacent to an activating group) is 1. The van der Waals surface area contributed by atoms with E-state index in [1.807, 2.05) is 32.0 Å². The van der Waals surface area contributed by atoms with E-state index >= 15 is 0 Å². The van der Waals surface area contributed by atoms with E-state index in [4.69, 9.17) is 10.5 Å². The van der Waals surface area contributed by atoms with Crippen molar-refractivity contribution in [2.45, 2.75) is 32.4 Å². The van der Waals surface area contributed by atoms with Crippen LogP contribution >= 0.6 is 0 Å². The van der Waals surface area contributed by atoms with Crippen molar-refractivity contribution in [1.29, 1.82) is 0 Å². The number of aryl methyl sites for hydroxylation is 1. The van der Waals surface area contributed by atoms with Crippen LogP contribution in [0.2, 0.25) is 0 Å². The number of nitrogens with zero attached hydrogens (tertiary/aromatic N) is 1. The molecule has 0 spiro atoms. The minimum Gasteiger partial charge on any atom is -0.480 e. The van der Waals surface area contributed by atoms with Gasteiger partial charge in [-0.3, -0.25) is 4.79 Å². The summed E-state index contributed by atoms with van der Waals surface area (Å²) in [6, 6.07) is 5.89. The number of carbonyl (C=O) groups is 1. The topological polar surface area (TPSA) is 55.6 Å². The molecule has 0 aliphatic carbocycles. The molecule has 1 amide bonds. The molecule has 2 atom stereocenters. The molecule has 1 aliphatic heterocycles. The van der Waals surface area contributed by atoms with Gasteiger partial charge in [0.15, 0.2) is 6.10 Å². The molecule has 1 fully saturated rings. The van der Waals surface area contributed by atoms with Crippen LogP contribution in [0.5, 0.6) is 5.75 Å². The zero-order chi connectivity index (χ0) is 13.3. The van der Waals surface area contributed by atoms with E-state index in [0.29, 0.717) is 0 Å². The molecule has 0 saturated carbocycles. The minimum atomic E-state index is -0.338. The number of amides is 1. The van der Waals surface area contributed by atoms with Crippen LogP contribution in [0.3, 0.4) is 0 Å². The first kappa shape index (κ1) is 12.9. The molecule has 0 radical (unpaired) electrons. The Morgan fingerprint density at radius 3 is 2.72 bits per heavy atom. The van der Waals surface area contributed by atoms with Crippen LogP contribution in [-0.4, -0.2) is 30.5 Å². The van der Waals surface area contributed by atoms with E-state index in [-0.39, 0.29) is 18.1 Å². The van der Waals surface area contributed by atoms with Crippen molar-refractivity contribution >= 4 is 5.91 Å². The second-order valence-corrected chi connectivity index (χ2v) is 4.97. The summed E-state index contributed by atoms with van der Waals surface area (Å²) in [4.78, 5) is 13.5. The Kier molecular flexibility index (Phi) is 3.57. The van der Waals surface area contributed by atoms with Crippen LogP contribution in [0.25, 0.3) is 0 Å². The van der Waals surface area contributed by atoms with Gasteiger partial charge in [0.05, 0.1) is 0 Å². The van der Waals surface area contributed by atoms with E-state index in [1.165, 1.54) is 0 Å². The number of hydrogen-bond donors (Lipinski definition) is 1. The monoisotopic (exact) mass is 248 g/mol. The van der Waals surface area contributed by atoms with Crippen LogP contribution in [-0.2, 0) is 4.79 Å². The highest BCUT2D eigenvalue weighted by molar-refractivity contribution is 5.83. The van der Waals surface area contributed by atoms with Gasteiger partial charge in [0.1, 0.15) is 5.75 Å². The van der Waals surface area contributed by atoms with Crippen molar-refractivity contribution in [3.63, 3.8) is 0 Å². The molecule has 1 saturated heterocycles. The van der Waals surface area contributed by atoms with E-state index in [9.17, 15) is 4.79 Å². The summed E-state index contributed by atoms with van der Waals surface area (Å²) < 4.78 is 5.79. The third kappa shape index (κ3) is 2.48.